The van der Waals surface area contributed by atoms with Gasteiger partial charge in [-0.3, -0.25) is 4.79 Å². The molecule has 5 heteroatoms. The van der Waals surface area contributed by atoms with Crippen molar-refractivity contribution < 1.29 is 14.3 Å². The fraction of sp³-hybridized carbons (Fsp3) is 0.167. The van der Waals surface area contributed by atoms with Gasteiger partial charge in [0.25, 0.3) is 0 Å². The first-order chi connectivity index (χ1) is 11.1. The maximum absolute atomic E-state index is 12.2. The molecule has 23 heavy (non-hydrogen) atoms. The van der Waals surface area contributed by atoms with Gasteiger partial charge in [0.05, 0.1) is 14.2 Å². The highest BCUT2D eigenvalue weighted by atomic mass is 35.5. The van der Waals surface area contributed by atoms with Crippen LogP contribution >= 0.6 is 11.6 Å². The zero-order valence-corrected chi connectivity index (χ0v) is 14.0. The first-order valence-electron chi connectivity index (χ1n) is 7.01. The second-order valence-corrected chi connectivity index (χ2v) is 5.23. The molecule has 1 N–H and O–H groups in total. The molecule has 0 radical (unpaired) electrons. The van der Waals surface area contributed by atoms with E-state index in [2.05, 4.69) is 5.32 Å². The molecule has 0 heterocycles. The molecule has 2 aromatic rings. The van der Waals surface area contributed by atoms with Crippen LogP contribution in [-0.2, 0) is 0 Å². The zero-order chi connectivity index (χ0) is 16.8. The first kappa shape index (κ1) is 16.9. The summed E-state index contributed by atoms with van der Waals surface area (Å²) in [6, 6.07) is 10.6. The minimum atomic E-state index is -0.141. The fourth-order valence-electron chi connectivity index (χ4n) is 2.06. The Balaban J connectivity index is 2.11. The van der Waals surface area contributed by atoms with Gasteiger partial charge >= 0.3 is 0 Å². The van der Waals surface area contributed by atoms with Crippen molar-refractivity contribution in [3.05, 3.63) is 64.8 Å². The van der Waals surface area contributed by atoms with Gasteiger partial charge in [0, 0.05) is 28.5 Å². The second kappa shape index (κ2) is 7.70. The van der Waals surface area contributed by atoms with E-state index in [4.69, 9.17) is 21.1 Å². The average molecular weight is 332 g/mol. The molecule has 120 valence electrons. The molecule has 0 spiro atoms. The highest BCUT2D eigenvalue weighted by Gasteiger charge is 2.08. The summed E-state index contributed by atoms with van der Waals surface area (Å²) in [7, 11) is 3.09. The van der Waals surface area contributed by atoms with Crippen LogP contribution in [0.1, 0.15) is 15.9 Å². The number of rotatable bonds is 6. The van der Waals surface area contributed by atoms with Gasteiger partial charge in [-0.1, -0.05) is 17.7 Å². The van der Waals surface area contributed by atoms with E-state index in [1.54, 1.807) is 31.5 Å². The molecule has 0 aromatic heterocycles. The molecule has 0 bridgehead atoms. The van der Waals surface area contributed by atoms with Crippen LogP contribution in [0, 0.1) is 6.92 Å². The third-order valence-electron chi connectivity index (χ3n) is 3.41. The number of hydrogen-bond acceptors (Lipinski definition) is 4. The van der Waals surface area contributed by atoms with Crippen LogP contribution in [0.3, 0.4) is 0 Å². The molecule has 2 rings (SSSR count). The van der Waals surface area contributed by atoms with Crippen LogP contribution in [0.4, 0.5) is 5.69 Å². The summed E-state index contributed by atoms with van der Waals surface area (Å²) in [4.78, 5) is 12.2. The van der Waals surface area contributed by atoms with Crippen molar-refractivity contribution in [1.82, 2.24) is 0 Å². The van der Waals surface area contributed by atoms with Gasteiger partial charge < -0.3 is 14.8 Å². The van der Waals surface area contributed by atoms with E-state index >= 15 is 0 Å². The fourth-order valence-corrected chi connectivity index (χ4v) is 2.23. The Morgan fingerprint density at radius 1 is 1.13 bits per heavy atom. The topological polar surface area (TPSA) is 47.6 Å². The Morgan fingerprint density at radius 3 is 2.57 bits per heavy atom. The van der Waals surface area contributed by atoms with E-state index in [9.17, 15) is 4.79 Å². The molecule has 0 atom stereocenters. The first-order valence-corrected chi connectivity index (χ1v) is 7.39. The molecule has 0 aliphatic rings. The molecule has 0 fully saturated rings. The summed E-state index contributed by atoms with van der Waals surface area (Å²) in [5.74, 6) is 0.962. The lowest BCUT2D eigenvalue weighted by Crippen LogP contribution is -1.99. The van der Waals surface area contributed by atoms with Crippen molar-refractivity contribution in [3.8, 4) is 11.5 Å². The minimum absolute atomic E-state index is 0.141. The van der Waals surface area contributed by atoms with Gasteiger partial charge in [-0.15, -0.1) is 0 Å². The van der Waals surface area contributed by atoms with Gasteiger partial charge in [0.15, 0.2) is 17.3 Å². The number of benzene rings is 2. The molecule has 0 saturated carbocycles. The normalized spacial score (nSPS) is 10.6. The smallest absolute Gasteiger partial charge is 0.187 e. The van der Waals surface area contributed by atoms with Crippen molar-refractivity contribution in [2.45, 2.75) is 6.92 Å². The molecule has 0 saturated heterocycles. The Bertz CT molecular complexity index is 741. The van der Waals surface area contributed by atoms with Crippen molar-refractivity contribution in [1.29, 1.82) is 0 Å². The van der Waals surface area contributed by atoms with Crippen molar-refractivity contribution in [3.63, 3.8) is 0 Å². The van der Waals surface area contributed by atoms with Crippen LogP contribution in [-0.4, -0.2) is 20.0 Å². The van der Waals surface area contributed by atoms with Gasteiger partial charge in [0.2, 0.25) is 0 Å². The molecule has 2 aromatic carbocycles. The number of ketones is 1. The van der Waals surface area contributed by atoms with Gasteiger partial charge in [-0.2, -0.15) is 0 Å². The monoisotopic (exact) mass is 331 g/mol. The molecule has 0 amide bonds. The van der Waals surface area contributed by atoms with Gasteiger partial charge in [-0.25, -0.2) is 0 Å². The van der Waals surface area contributed by atoms with Crippen molar-refractivity contribution in [2.24, 2.45) is 0 Å². The summed E-state index contributed by atoms with van der Waals surface area (Å²) in [6.45, 7) is 1.91. The molecule has 4 nitrogen and oxygen atoms in total. The predicted octanol–water partition coefficient (Wildman–Crippen LogP) is 4.47. The Kier molecular flexibility index (Phi) is 5.66. The van der Waals surface area contributed by atoms with Crippen LogP contribution < -0.4 is 14.8 Å². The Hall–Kier alpha value is -2.46. The minimum Gasteiger partial charge on any atom is -0.493 e. The number of allylic oxidation sites excluding steroid dienone is 1. The maximum Gasteiger partial charge on any atom is 0.187 e. The molecule has 0 aliphatic heterocycles. The van der Waals surface area contributed by atoms with Crippen LogP contribution in [0.5, 0.6) is 11.5 Å². The van der Waals surface area contributed by atoms with E-state index in [0.717, 1.165) is 11.3 Å². The van der Waals surface area contributed by atoms with E-state index < -0.39 is 0 Å². The number of carbonyl (C=O) groups is 1. The predicted molar refractivity (Wildman–Crippen MR) is 92.8 cm³/mol. The summed E-state index contributed by atoms with van der Waals surface area (Å²) in [6.07, 6.45) is 3.05. The van der Waals surface area contributed by atoms with Gasteiger partial charge in [-0.05, 0) is 42.8 Å². The van der Waals surface area contributed by atoms with E-state index in [-0.39, 0.29) is 5.78 Å². The SMILES string of the molecule is COc1ccc(C(=O)/C=C/Nc2cccc(Cl)c2C)cc1OC. The third-order valence-corrected chi connectivity index (χ3v) is 3.82. The number of carbonyl (C=O) groups excluding carboxylic acids is 1. The summed E-state index contributed by atoms with van der Waals surface area (Å²) < 4.78 is 10.4. The largest absolute Gasteiger partial charge is 0.493 e. The molecule has 0 aliphatic carbocycles. The summed E-state index contributed by atoms with van der Waals surface area (Å²) in [5, 5.41) is 3.74. The average Bonchev–Trinajstić information content (AvgIpc) is 2.57. The number of anilines is 1. The summed E-state index contributed by atoms with van der Waals surface area (Å²) >= 11 is 6.06. The van der Waals surface area contributed by atoms with Crippen molar-refractivity contribution in [2.75, 3.05) is 19.5 Å². The van der Waals surface area contributed by atoms with E-state index in [1.165, 1.54) is 13.2 Å². The zero-order valence-electron chi connectivity index (χ0n) is 13.2. The molecular weight excluding hydrogens is 314 g/mol. The second-order valence-electron chi connectivity index (χ2n) is 4.82. The van der Waals surface area contributed by atoms with Gasteiger partial charge in [0.1, 0.15) is 0 Å². The maximum atomic E-state index is 12.2. The highest BCUT2D eigenvalue weighted by molar-refractivity contribution is 6.31. The Morgan fingerprint density at radius 2 is 1.87 bits per heavy atom. The van der Waals surface area contributed by atoms with Crippen LogP contribution in [0.2, 0.25) is 5.02 Å². The number of ether oxygens (including phenoxy) is 2. The van der Waals surface area contributed by atoms with Crippen LogP contribution in [0.25, 0.3) is 0 Å². The lowest BCUT2D eigenvalue weighted by molar-refractivity contribution is 0.104. The summed E-state index contributed by atoms with van der Waals surface area (Å²) in [5.41, 5.74) is 2.30. The van der Waals surface area contributed by atoms with E-state index in [1.807, 2.05) is 25.1 Å². The number of nitrogens with one attached hydrogen (secondary N) is 1. The number of methoxy groups -OCH3 is 2. The standard InChI is InChI=1S/C18H18ClNO3/c1-12-14(19)5-4-6-15(12)20-10-9-16(21)13-7-8-17(22-2)18(11-13)23-3/h4-11,20H,1-3H3/b10-9+. The number of hydrogen-bond donors (Lipinski definition) is 1. The lowest BCUT2D eigenvalue weighted by Gasteiger charge is -2.08. The van der Waals surface area contributed by atoms with Crippen molar-refractivity contribution >= 4 is 23.1 Å². The lowest BCUT2D eigenvalue weighted by atomic mass is 10.1. The van der Waals surface area contributed by atoms with Crippen LogP contribution in [0.15, 0.2) is 48.7 Å². The molecule has 0 unspecified atom stereocenters. The highest BCUT2D eigenvalue weighted by Crippen LogP contribution is 2.28. The third kappa shape index (κ3) is 4.05. The molecular formula is C18H18ClNO3. The van der Waals surface area contributed by atoms with E-state index in [0.29, 0.717) is 22.1 Å². The number of halogens is 1. The quantitative estimate of drug-likeness (QED) is 0.626. The Labute approximate surface area is 140 Å².